The molecule has 0 heterocycles. The number of carbonyl (C=O) groups excluding carboxylic acids is 1. The van der Waals surface area contributed by atoms with Crippen LogP contribution in [0.1, 0.15) is 63.4 Å². The highest BCUT2D eigenvalue weighted by Crippen LogP contribution is 2.67. The summed E-state index contributed by atoms with van der Waals surface area (Å²) < 4.78 is 0. The fourth-order valence-corrected chi connectivity index (χ4v) is 8.26. The topological polar surface area (TPSA) is 55.4 Å². The molecule has 1 amide bonds. The second-order valence-corrected chi connectivity index (χ2v) is 11.2. The number of nitrogens with zero attached hydrogens (tertiary/aromatic N) is 1. The maximum absolute atomic E-state index is 13.6. The Balaban J connectivity index is 1.38. The van der Waals surface area contributed by atoms with E-state index < -0.39 is 0 Å². The second-order valence-electron chi connectivity index (χ2n) is 10.9. The molecule has 3 nitrogen and oxygen atoms in total. The van der Waals surface area contributed by atoms with E-state index in [2.05, 4.69) is 35.3 Å². The Morgan fingerprint density at radius 2 is 1.73 bits per heavy atom. The van der Waals surface area contributed by atoms with Crippen molar-refractivity contribution in [2.24, 2.45) is 45.7 Å². The van der Waals surface area contributed by atoms with E-state index in [4.69, 9.17) is 17.3 Å². The van der Waals surface area contributed by atoms with Gasteiger partial charge in [-0.25, -0.2) is 4.99 Å². The van der Waals surface area contributed by atoms with Gasteiger partial charge in [-0.2, -0.15) is 0 Å². The number of carbonyl (C=O) groups is 1. The van der Waals surface area contributed by atoms with Gasteiger partial charge in [0.25, 0.3) is 5.91 Å². The summed E-state index contributed by atoms with van der Waals surface area (Å²) in [6.45, 7) is 0.790. The van der Waals surface area contributed by atoms with Crippen molar-refractivity contribution >= 4 is 23.7 Å². The first kappa shape index (κ1) is 20.7. The Hall–Kier alpha value is -1.19. The molecule has 0 spiro atoms. The van der Waals surface area contributed by atoms with E-state index in [9.17, 15) is 4.79 Å². The molecule has 4 bridgehead atoms. The molecule has 0 saturated heterocycles. The molecule has 2 atom stereocenters. The summed E-state index contributed by atoms with van der Waals surface area (Å²) in [7, 11) is 0. The van der Waals surface area contributed by atoms with Gasteiger partial charge < -0.3 is 5.73 Å². The highest BCUT2D eigenvalue weighted by molar-refractivity contribution is 6.18. The molecule has 5 fully saturated rings. The molecule has 6 rings (SSSR count). The van der Waals surface area contributed by atoms with Gasteiger partial charge in [0.05, 0.1) is 5.41 Å². The molecular weight excluding hydrogens is 392 g/mol. The monoisotopic (exact) mass is 426 g/mol. The van der Waals surface area contributed by atoms with E-state index in [1.54, 1.807) is 0 Å². The van der Waals surface area contributed by atoms with Crippen molar-refractivity contribution in [1.82, 2.24) is 0 Å². The minimum absolute atomic E-state index is 0.139. The van der Waals surface area contributed by atoms with Gasteiger partial charge in [0.15, 0.2) is 0 Å². The van der Waals surface area contributed by atoms with Gasteiger partial charge in [0.2, 0.25) is 0 Å². The number of benzene rings is 1. The Morgan fingerprint density at radius 3 is 2.33 bits per heavy atom. The van der Waals surface area contributed by atoms with Crippen LogP contribution in [0.3, 0.4) is 0 Å². The van der Waals surface area contributed by atoms with Gasteiger partial charge in [-0.15, -0.1) is 11.6 Å². The zero-order chi connectivity index (χ0) is 20.8. The van der Waals surface area contributed by atoms with E-state index in [1.165, 1.54) is 31.2 Å². The Bertz CT molecular complexity index is 783. The molecular formula is C26H35ClN2O. The lowest BCUT2D eigenvalue weighted by Crippen LogP contribution is -2.60. The van der Waals surface area contributed by atoms with Crippen LogP contribution in [0.25, 0.3) is 0 Å². The normalized spacial score (nSPS) is 42.7. The minimum Gasteiger partial charge on any atom is -0.330 e. The molecule has 30 heavy (non-hydrogen) atoms. The SMILES string of the molecule is NCC1CCC(C=NC(=O)C23CC4CC(c5ccccc5)(CC(C2)C4CCl)C3)CC1. The van der Waals surface area contributed by atoms with Crippen molar-refractivity contribution < 1.29 is 4.79 Å². The molecule has 1 aromatic carbocycles. The van der Waals surface area contributed by atoms with Crippen molar-refractivity contribution in [3.63, 3.8) is 0 Å². The highest BCUT2D eigenvalue weighted by Gasteiger charge is 2.63. The molecule has 5 saturated carbocycles. The zero-order valence-corrected chi connectivity index (χ0v) is 18.7. The van der Waals surface area contributed by atoms with E-state index in [1.807, 2.05) is 6.21 Å². The lowest BCUT2D eigenvalue weighted by Gasteiger charge is -2.64. The summed E-state index contributed by atoms with van der Waals surface area (Å²) in [5, 5.41) is 0. The largest absolute Gasteiger partial charge is 0.330 e. The lowest BCUT2D eigenvalue weighted by molar-refractivity contribution is -0.152. The summed E-state index contributed by atoms with van der Waals surface area (Å²) in [4.78, 5) is 18.2. The molecule has 0 aliphatic heterocycles. The molecule has 1 aromatic rings. The summed E-state index contributed by atoms with van der Waals surface area (Å²) >= 11 is 6.42. The summed E-state index contributed by atoms with van der Waals surface area (Å²) in [5.41, 5.74) is 7.12. The quantitative estimate of drug-likeness (QED) is 0.509. The molecule has 4 heteroatoms. The van der Waals surface area contributed by atoms with Crippen molar-refractivity contribution in [2.45, 2.75) is 63.2 Å². The van der Waals surface area contributed by atoms with Crippen LogP contribution >= 0.6 is 11.6 Å². The van der Waals surface area contributed by atoms with Crippen LogP contribution in [0.15, 0.2) is 35.3 Å². The Labute approximate surface area is 185 Å². The Kier molecular flexibility index (Phi) is 5.56. The van der Waals surface area contributed by atoms with Crippen molar-refractivity contribution in [2.75, 3.05) is 12.4 Å². The molecule has 0 aromatic heterocycles. The number of halogens is 1. The van der Waals surface area contributed by atoms with Gasteiger partial charge >= 0.3 is 0 Å². The molecule has 2 N–H and O–H groups in total. The van der Waals surface area contributed by atoms with Crippen LogP contribution in [0.2, 0.25) is 0 Å². The van der Waals surface area contributed by atoms with E-state index in [0.29, 0.717) is 29.6 Å². The van der Waals surface area contributed by atoms with Crippen molar-refractivity contribution in [3.8, 4) is 0 Å². The first-order chi connectivity index (χ1) is 14.6. The first-order valence-corrected chi connectivity index (χ1v) is 12.5. The van der Waals surface area contributed by atoms with Gasteiger partial charge in [-0.05, 0) is 105 Å². The van der Waals surface area contributed by atoms with E-state index in [0.717, 1.165) is 44.5 Å². The standard InChI is InChI=1S/C26H35ClN2O/c27-14-23-20-10-25(22-4-2-1-3-5-22)11-21(23)13-26(12-20,17-25)24(30)29-16-19-8-6-18(15-28)7-9-19/h1-5,16,18-21,23H,6-15,17,28H2. The summed E-state index contributed by atoms with van der Waals surface area (Å²) in [6.07, 6.45) is 11.9. The molecule has 5 aliphatic rings. The Morgan fingerprint density at radius 1 is 1.07 bits per heavy atom. The number of alkyl halides is 1. The number of amides is 1. The van der Waals surface area contributed by atoms with Crippen LogP contribution in [-0.2, 0) is 10.2 Å². The molecule has 162 valence electrons. The predicted molar refractivity (Wildman–Crippen MR) is 123 cm³/mol. The van der Waals surface area contributed by atoms with Crippen LogP contribution in [-0.4, -0.2) is 24.5 Å². The second kappa shape index (κ2) is 8.06. The van der Waals surface area contributed by atoms with Crippen LogP contribution in [0, 0.1) is 35.0 Å². The van der Waals surface area contributed by atoms with Crippen molar-refractivity contribution in [3.05, 3.63) is 35.9 Å². The fraction of sp³-hybridized carbons (Fsp3) is 0.692. The maximum Gasteiger partial charge on any atom is 0.251 e. The smallest absolute Gasteiger partial charge is 0.251 e. The number of hydrogen-bond donors (Lipinski definition) is 1. The van der Waals surface area contributed by atoms with Crippen molar-refractivity contribution in [1.29, 1.82) is 0 Å². The van der Waals surface area contributed by atoms with Crippen LogP contribution in [0.5, 0.6) is 0 Å². The zero-order valence-electron chi connectivity index (χ0n) is 17.9. The molecule has 5 aliphatic carbocycles. The third-order valence-electron chi connectivity index (χ3n) is 9.14. The average Bonchev–Trinajstić information content (AvgIpc) is 2.78. The number of aliphatic imine (C=N–C) groups is 1. The third kappa shape index (κ3) is 3.46. The molecule has 2 unspecified atom stereocenters. The number of rotatable bonds is 5. The van der Waals surface area contributed by atoms with E-state index >= 15 is 0 Å². The van der Waals surface area contributed by atoms with Gasteiger partial charge in [0, 0.05) is 12.1 Å². The van der Waals surface area contributed by atoms with E-state index in [-0.39, 0.29) is 16.7 Å². The van der Waals surface area contributed by atoms with Gasteiger partial charge in [-0.3, -0.25) is 4.79 Å². The number of nitrogens with two attached hydrogens (primary N) is 1. The molecule has 0 radical (unpaired) electrons. The number of hydrogen-bond acceptors (Lipinski definition) is 2. The van der Waals surface area contributed by atoms with Crippen LogP contribution < -0.4 is 5.73 Å². The lowest BCUT2D eigenvalue weighted by atomic mass is 9.40. The fourth-order valence-electron chi connectivity index (χ4n) is 7.76. The maximum atomic E-state index is 13.6. The first-order valence-electron chi connectivity index (χ1n) is 12.0. The predicted octanol–water partition coefficient (Wildman–Crippen LogP) is 5.35. The van der Waals surface area contributed by atoms with Gasteiger partial charge in [0.1, 0.15) is 0 Å². The average molecular weight is 427 g/mol. The van der Waals surface area contributed by atoms with Crippen LogP contribution in [0.4, 0.5) is 0 Å². The summed E-state index contributed by atoms with van der Waals surface area (Å²) in [6, 6.07) is 10.9. The minimum atomic E-state index is -0.269. The highest BCUT2D eigenvalue weighted by atomic mass is 35.5. The summed E-state index contributed by atoms with van der Waals surface area (Å²) in [5.74, 6) is 3.69. The third-order valence-corrected chi connectivity index (χ3v) is 9.50. The van der Waals surface area contributed by atoms with Gasteiger partial charge in [-0.1, -0.05) is 30.3 Å².